The van der Waals surface area contributed by atoms with Gasteiger partial charge in [0.2, 0.25) is 0 Å². The van der Waals surface area contributed by atoms with Crippen molar-refractivity contribution >= 4 is 27.2 Å². The highest BCUT2D eigenvalue weighted by molar-refractivity contribution is 6.16. The summed E-state index contributed by atoms with van der Waals surface area (Å²) in [7, 11) is 0. The van der Waals surface area contributed by atoms with Gasteiger partial charge in [-0.05, 0) is 121 Å². The molecule has 0 atom stereocenters. The molecule has 0 aliphatic heterocycles. The number of allylic oxidation sites excluding steroid dienone is 4. The lowest BCUT2D eigenvalue weighted by Crippen LogP contribution is -2.15. The molecule has 0 bridgehead atoms. The van der Waals surface area contributed by atoms with Crippen molar-refractivity contribution in [3.05, 3.63) is 228 Å². The van der Waals surface area contributed by atoms with Crippen LogP contribution in [0.15, 0.2) is 200 Å². The van der Waals surface area contributed by atoms with Crippen LogP contribution in [0.25, 0.3) is 106 Å². The Morgan fingerprint density at radius 2 is 0.897 bits per heavy atom. The van der Waals surface area contributed by atoms with E-state index in [4.69, 9.17) is 15.0 Å². The second-order valence-electron chi connectivity index (χ2n) is 19.8. The number of hydrogen-bond donors (Lipinski definition) is 0. The van der Waals surface area contributed by atoms with Crippen molar-refractivity contribution in [2.45, 2.75) is 51.4 Å². The molecule has 0 saturated heterocycles. The van der Waals surface area contributed by atoms with E-state index in [2.05, 4.69) is 222 Å². The SMILES string of the molecule is CC1(C)c2ccccc2-c2ccc(-c3cc(-c4ccc(-c5nc(C6=CCCC=C6)cc(-c6ccccc6)n5)cc4)c4cc(-c5ccc6c(c5)C(C)(C)c5ccccc5-6)c5ccccc5c4n3)cc21. The molecule has 0 saturated carbocycles. The smallest absolute Gasteiger partial charge is 0.160 e. The van der Waals surface area contributed by atoms with Crippen LogP contribution in [0.5, 0.6) is 0 Å². The normalized spacial score (nSPS) is 14.9. The minimum absolute atomic E-state index is 0.112. The summed E-state index contributed by atoms with van der Waals surface area (Å²) in [4.78, 5) is 16.0. The van der Waals surface area contributed by atoms with E-state index in [1.165, 1.54) is 61.0 Å². The van der Waals surface area contributed by atoms with Gasteiger partial charge >= 0.3 is 0 Å². The van der Waals surface area contributed by atoms with Crippen molar-refractivity contribution < 1.29 is 0 Å². The van der Waals surface area contributed by atoms with Gasteiger partial charge in [-0.1, -0.05) is 198 Å². The molecule has 324 valence electrons. The summed E-state index contributed by atoms with van der Waals surface area (Å²) in [5, 5.41) is 3.45. The maximum Gasteiger partial charge on any atom is 0.160 e. The molecule has 68 heavy (non-hydrogen) atoms. The molecule has 3 nitrogen and oxygen atoms in total. The molecule has 3 aliphatic rings. The fraction of sp³-hybridized carbons (Fsp3) is 0.123. The Labute approximate surface area is 398 Å². The van der Waals surface area contributed by atoms with E-state index in [-0.39, 0.29) is 10.8 Å². The average molecular weight is 872 g/mol. The molecule has 10 aromatic rings. The Kier molecular flexibility index (Phi) is 9.04. The number of rotatable bonds is 6. The fourth-order valence-corrected chi connectivity index (χ4v) is 11.5. The topological polar surface area (TPSA) is 38.7 Å². The summed E-state index contributed by atoms with van der Waals surface area (Å²) in [5.74, 6) is 0.713. The van der Waals surface area contributed by atoms with Gasteiger partial charge in [0, 0.05) is 38.3 Å². The van der Waals surface area contributed by atoms with Gasteiger partial charge < -0.3 is 0 Å². The van der Waals surface area contributed by atoms with E-state index in [0.717, 1.165) is 79.6 Å². The highest BCUT2D eigenvalue weighted by Crippen LogP contribution is 2.52. The summed E-state index contributed by atoms with van der Waals surface area (Å²) in [6.07, 6.45) is 8.78. The van der Waals surface area contributed by atoms with Gasteiger partial charge in [-0.3, -0.25) is 0 Å². The summed E-state index contributed by atoms with van der Waals surface area (Å²) in [6.45, 7) is 9.42. The van der Waals surface area contributed by atoms with Crippen LogP contribution < -0.4 is 0 Å². The van der Waals surface area contributed by atoms with E-state index in [1.807, 2.05) is 6.07 Å². The van der Waals surface area contributed by atoms with Crippen molar-refractivity contribution in [3.63, 3.8) is 0 Å². The van der Waals surface area contributed by atoms with Crippen LogP contribution in [0.2, 0.25) is 0 Å². The minimum atomic E-state index is -0.131. The third-order valence-electron chi connectivity index (χ3n) is 15.1. The monoisotopic (exact) mass is 871 g/mol. The minimum Gasteiger partial charge on any atom is -0.247 e. The third-order valence-corrected chi connectivity index (χ3v) is 15.1. The van der Waals surface area contributed by atoms with E-state index < -0.39 is 0 Å². The molecule has 2 aromatic heterocycles. The van der Waals surface area contributed by atoms with Crippen molar-refractivity contribution in [2.75, 3.05) is 0 Å². The number of fused-ring (bicyclic) bond motifs is 9. The zero-order valence-electron chi connectivity index (χ0n) is 38.8. The Balaban J connectivity index is 1.01. The Bertz CT molecular complexity index is 3780. The Hall–Kier alpha value is -8.01. The third kappa shape index (κ3) is 6.29. The number of nitrogens with zero attached hydrogens (tertiary/aromatic N) is 3. The molecule has 0 amide bonds. The molecule has 0 fully saturated rings. The summed E-state index contributed by atoms with van der Waals surface area (Å²) in [6, 6.07) is 66.8. The van der Waals surface area contributed by atoms with Crippen molar-refractivity contribution in [2.24, 2.45) is 0 Å². The number of aromatic nitrogens is 3. The molecule has 0 radical (unpaired) electrons. The molecular formula is C65H49N3. The van der Waals surface area contributed by atoms with Crippen molar-refractivity contribution in [3.8, 4) is 78.4 Å². The standard InChI is InChI=1S/C65H49N3/c1-64(2)55-25-15-13-22-47(55)49-33-31-44(35-57(49)64)52-37-54-53(40-27-29-43(30-28-40)63-67-60(41-17-7-5-8-18-41)39-61(68-63)42-19-9-6-10-20-42)38-59(66-62(54)51-24-12-11-21-46(51)52)45-32-34-50-48-23-14-16-26-56(48)65(3,4)58(50)36-45/h5,7-9,11-39H,6,10H2,1-4H3. The number of hydrogen-bond acceptors (Lipinski definition) is 3. The molecule has 3 aliphatic carbocycles. The highest BCUT2D eigenvalue weighted by Gasteiger charge is 2.37. The Morgan fingerprint density at radius 3 is 1.59 bits per heavy atom. The quantitative estimate of drug-likeness (QED) is 0.156. The van der Waals surface area contributed by atoms with Gasteiger partial charge in [-0.2, -0.15) is 0 Å². The molecule has 0 N–H and O–H groups in total. The molecule has 2 heterocycles. The predicted molar refractivity (Wildman–Crippen MR) is 283 cm³/mol. The predicted octanol–water partition coefficient (Wildman–Crippen LogP) is 16.9. The number of pyridine rings is 1. The first kappa shape index (κ1) is 40.3. The second-order valence-corrected chi connectivity index (χ2v) is 19.8. The first-order valence-electron chi connectivity index (χ1n) is 24.0. The molecule has 0 unspecified atom stereocenters. The lowest BCUT2D eigenvalue weighted by atomic mass is 9.81. The van der Waals surface area contributed by atoms with Gasteiger partial charge in [0.25, 0.3) is 0 Å². The van der Waals surface area contributed by atoms with Gasteiger partial charge in [0.1, 0.15) is 0 Å². The summed E-state index contributed by atoms with van der Waals surface area (Å²) >= 11 is 0. The van der Waals surface area contributed by atoms with Gasteiger partial charge in [-0.25, -0.2) is 15.0 Å². The van der Waals surface area contributed by atoms with Gasteiger partial charge in [-0.15, -0.1) is 0 Å². The molecular weight excluding hydrogens is 823 g/mol. The van der Waals surface area contributed by atoms with Crippen molar-refractivity contribution in [1.82, 2.24) is 15.0 Å². The first-order valence-corrected chi connectivity index (χ1v) is 24.0. The molecule has 8 aromatic carbocycles. The fourth-order valence-electron chi connectivity index (χ4n) is 11.5. The van der Waals surface area contributed by atoms with E-state index in [9.17, 15) is 0 Å². The maximum atomic E-state index is 5.65. The highest BCUT2D eigenvalue weighted by atomic mass is 14.9. The van der Waals surface area contributed by atoms with Gasteiger partial charge in [0.15, 0.2) is 5.82 Å². The molecule has 0 spiro atoms. The zero-order valence-corrected chi connectivity index (χ0v) is 38.8. The zero-order chi connectivity index (χ0) is 45.7. The average Bonchev–Trinajstić information content (AvgIpc) is 3.77. The molecule has 13 rings (SSSR count). The summed E-state index contributed by atoms with van der Waals surface area (Å²) < 4.78 is 0. The van der Waals surface area contributed by atoms with E-state index in [1.54, 1.807) is 0 Å². The lowest BCUT2D eigenvalue weighted by Gasteiger charge is -2.22. The van der Waals surface area contributed by atoms with Crippen LogP contribution in [0.3, 0.4) is 0 Å². The first-order chi connectivity index (χ1) is 33.2. The van der Waals surface area contributed by atoms with Crippen LogP contribution in [-0.4, -0.2) is 15.0 Å². The largest absolute Gasteiger partial charge is 0.247 e. The van der Waals surface area contributed by atoms with Crippen LogP contribution in [0.1, 0.15) is 68.5 Å². The summed E-state index contributed by atoms with van der Waals surface area (Å²) in [5.41, 5.74) is 23.3. The Morgan fingerprint density at radius 1 is 0.353 bits per heavy atom. The second kappa shape index (κ2) is 15.3. The van der Waals surface area contributed by atoms with Crippen LogP contribution in [0, 0.1) is 0 Å². The molecule has 3 heteroatoms. The maximum absolute atomic E-state index is 5.65. The number of benzene rings is 8. The van der Waals surface area contributed by atoms with Crippen LogP contribution >= 0.6 is 0 Å². The van der Waals surface area contributed by atoms with Gasteiger partial charge in [0.05, 0.1) is 22.6 Å². The van der Waals surface area contributed by atoms with E-state index >= 15 is 0 Å². The van der Waals surface area contributed by atoms with Crippen molar-refractivity contribution in [1.29, 1.82) is 0 Å². The van der Waals surface area contributed by atoms with Crippen LogP contribution in [0.4, 0.5) is 0 Å². The lowest BCUT2D eigenvalue weighted by molar-refractivity contribution is 0.660. The van der Waals surface area contributed by atoms with Crippen LogP contribution in [-0.2, 0) is 10.8 Å². The van der Waals surface area contributed by atoms with E-state index in [0.29, 0.717) is 5.82 Å².